The molecule has 1 aliphatic rings. The second kappa shape index (κ2) is 8.99. The lowest BCUT2D eigenvalue weighted by Crippen LogP contribution is -2.29. The Labute approximate surface area is 175 Å². The molecule has 1 fully saturated rings. The average Bonchev–Trinajstić information content (AvgIpc) is 3.22. The molecule has 1 N–H and O–H groups in total. The number of hydrogen-bond acceptors (Lipinski definition) is 3. The van der Waals surface area contributed by atoms with Crippen LogP contribution in [0.2, 0.25) is 10.0 Å². The molecule has 0 bridgehead atoms. The molecule has 4 nitrogen and oxygen atoms in total. The van der Waals surface area contributed by atoms with Crippen molar-refractivity contribution >= 4 is 23.2 Å². The highest BCUT2D eigenvalue weighted by atomic mass is 35.5. The summed E-state index contributed by atoms with van der Waals surface area (Å²) in [5, 5.41) is 9.33. The molecule has 0 radical (unpaired) electrons. The standard InChI is InChI=1S/C22H23Cl2N3O/c23-21-5-2-6-22(24)20(21)9-12-28-19-4-1-3-16(13-19)17-14-26-27(15-17)18-7-10-25-11-8-18/h1-6,13-15,18,25H,7-12H2. The highest BCUT2D eigenvalue weighted by molar-refractivity contribution is 6.35. The lowest BCUT2D eigenvalue weighted by molar-refractivity contribution is 0.322. The van der Waals surface area contributed by atoms with Crippen molar-refractivity contribution in [2.24, 2.45) is 0 Å². The maximum absolute atomic E-state index is 6.23. The van der Waals surface area contributed by atoms with Gasteiger partial charge in [-0.05, 0) is 61.3 Å². The first kappa shape index (κ1) is 19.3. The van der Waals surface area contributed by atoms with Crippen LogP contribution in [0.4, 0.5) is 0 Å². The van der Waals surface area contributed by atoms with Gasteiger partial charge in [0.25, 0.3) is 0 Å². The number of ether oxygens (including phenoxy) is 1. The van der Waals surface area contributed by atoms with Gasteiger partial charge in [0.2, 0.25) is 0 Å². The van der Waals surface area contributed by atoms with E-state index in [9.17, 15) is 0 Å². The second-order valence-corrected chi connectivity index (χ2v) is 7.83. The van der Waals surface area contributed by atoms with Gasteiger partial charge in [0.05, 0.1) is 18.8 Å². The van der Waals surface area contributed by atoms with E-state index in [4.69, 9.17) is 27.9 Å². The summed E-state index contributed by atoms with van der Waals surface area (Å²) < 4.78 is 8.05. The van der Waals surface area contributed by atoms with Crippen LogP contribution in [0.15, 0.2) is 54.9 Å². The molecule has 1 aliphatic heterocycles. The molecule has 0 spiro atoms. The number of hydrogen-bond donors (Lipinski definition) is 1. The maximum atomic E-state index is 6.23. The van der Waals surface area contributed by atoms with Crippen LogP contribution >= 0.6 is 23.2 Å². The predicted molar refractivity (Wildman–Crippen MR) is 114 cm³/mol. The van der Waals surface area contributed by atoms with Crippen molar-refractivity contribution in [3.8, 4) is 16.9 Å². The summed E-state index contributed by atoms with van der Waals surface area (Å²) in [5.74, 6) is 0.829. The first-order chi connectivity index (χ1) is 13.7. The molecule has 2 aromatic carbocycles. The minimum atomic E-state index is 0.481. The van der Waals surface area contributed by atoms with Crippen LogP contribution < -0.4 is 10.1 Å². The van der Waals surface area contributed by atoms with Gasteiger partial charge in [-0.15, -0.1) is 0 Å². The third-order valence-corrected chi connectivity index (χ3v) is 5.84. The molecule has 3 aromatic rings. The van der Waals surface area contributed by atoms with E-state index in [1.807, 2.05) is 36.5 Å². The molecule has 2 heterocycles. The van der Waals surface area contributed by atoms with Gasteiger partial charge in [-0.2, -0.15) is 5.10 Å². The van der Waals surface area contributed by atoms with Crippen LogP contribution in [0.25, 0.3) is 11.1 Å². The van der Waals surface area contributed by atoms with E-state index in [0.29, 0.717) is 29.1 Å². The average molecular weight is 416 g/mol. The summed E-state index contributed by atoms with van der Waals surface area (Å²) in [6.07, 6.45) is 6.98. The number of rotatable bonds is 6. The van der Waals surface area contributed by atoms with Crippen molar-refractivity contribution in [2.75, 3.05) is 19.7 Å². The van der Waals surface area contributed by atoms with Crippen molar-refractivity contribution in [1.82, 2.24) is 15.1 Å². The third kappa shape index (κ3) is 4.52. The Bertz CT molecular complexity index is 915. The lowest BCUT2D eigenvalue weighted by atomic mass is 10.1. The van der Waals surface area contributed by atoms with E-state index in [-0.39, 0.29) is 0 Å². The van der Waals surface area contributed by atoms with E-state index in [1.165, 1.54) is 0 Å². The zero-order valence-electron chi connectivity index (χ0n) is 15.6. The predicted octanol–water partition coefficient (Wildman–Crippen LogP) is 5.40. The van der Waals surface area contributed by atoms with Crippen LogP contribution in [0.5, 0.6) is 5.75 Å². The fourth-order valence-corrected chi connectivity index (χ4v) is 4.15. The Kier molecular flexibility index (Phi) is 6.20. The fourth-order valence-electron chi connectivity index (χ4n) is 3.57. The Morgan fingerprint density at radius 3 is 2.57 bits per heavy atom. The SMILES string of the molecule is Clc1cccc(Cl)c1CCOc1cccc(-c2cnn(C3CCNCC3)c2)c1. The molecule has 0 amide bonds. The number of aromatic nitrogens is 2. The minimum Gasteiger partial charge on any atom is -0.493 e. The molecule has 0 aliphatic carbocycles. The van der Waals surface area contributed by atoms with Gasteiger partial charge in [-0.1, -0.05) is 41.4 Å². The molecule has 0 unspecified atom stereocenters. The summed E-state index contributed by atoms with van der Waals surface area (Å²) in [7, 11) is 0. The molecule has 1 aromatic heterocycles. The van der Waals surface area contributed by atoms with Crippen LogP contribution in [0, 0.1) is 0 Å². The molecule has 28 heavy (non-hydrogen) atoms. The van der Waals surface area contributed by atoms with E-state index < -0.39 is 0 Å². The quantitative estimate of drug-likeness (QED) is 0.585. The summed E-state index contributed by atoms with van der Waals surface area (Å²) >= 11 is 12.5. The number of nitrogens with zero attached hydrogens (tertiary/aromatic N) is 2. The van der Waals surface area contributed by atoms with Crippen LogP contribution in [0.3, 0.4) is 0 Å². The van der Waals surface area contributed by atoms with E-state index >= 15 is 0 Å². The largest absolute Gasteiger partial charge is 0.493 e. The fraction of sp³-hybridized carbons (Fsp3) is 0.318. The van der Waals surface area contributed by atoms with Crippen molar-refractivity contribution in [1.29, 1.82) is 0 Å². The topological polar surface area (TPSA) is 39.1 Å². The first-order valence-electron chi connectivity index (χ1n) is 9.62. The van der Waals surface area contributed by atoms with Crippen LogP contribution in [-0.4, -0.2) is 29.5 Å². The van der Waals surface area contributed by atoms with Crippen LogP contribution in [-0.2, 0) is 6.42 Å². The Balaban J connectivity index is 1.41. The van der Waals surface area contributed by atoms with E-state index in [1.54, 1.807) is 0 Å². The number of piperidine rings is 1. The highest BCUT2D eigenvalue weighted by Gasteiger charge is 2.16. The Morgan fingerprint density at radius 2 is 1.79 bits per heavy atom. The van der Waals surface area contributed by atoms with Gasteiger partial charge in [0, 0.05) is 28.2 Å². The van der Waals surface area contributed by atoms with Crippen molar-refractivity contribution < 1.29 is 4.74 Å². The second-order valence-electron chi connectivity index (χ2n) is 7.02. The van der Waals surface area contributed by atoms with Crippen molar-refractivity contribution in [3.05, 3.63) is 70.5 Å². The molecule has 4 rings (SSSR count). The van der Waals surface area contributed by atoms with E-state index in [2.05, 4.69) is 33.4 Å². The Morgan fingerprint density at radius 1 is 1.04 bits per heavy atom. The number of benzene rings is 2. The summed E-state index contributed by atoms with van der Waals surface area (Å²) in [6, 6.07) is 14.1. The zero-order valence-corrected chi connectivity index (χ0v) is 17.1. The summed E-state index contributed by atoms with van der Waals surface area (Å²) in [6.45, 7) is 2.62. The van der Waals surface area contributed by atoms with Crippen molar-refractivity contribution in [3.63, 3.8) is 0 Å². The molecule has 0 saturated carbocycles. The lowest BCUT2D eigenvalue weighted by Gasteiger charge is -2.22. The molecular formula is C22H23Cl2N3O. The molecule has 1 saturated heterocycles. The zero-order chi connectivity index (χ0) is 19.3. The normalized spacial score (nSPS) is 14.9. The number of nitrogens with one attached hydrogen (secondary N) is 1. The molecule has 0 atom stereocenters. The van der Waals surface area contributed by atoms with Gasteiger partial charge in [-0.25, -0.2) is 0 Å². The van der Waals surface area contributed by atoms with Crippen molar-refractivity contribution in [2.45, 2.75) is 25.3 Å². The maximum Gasteiger partial charge on any atom is 0.119 e. The third-order valence-electron chi connectivity index (χ3n) is 5.13. The highest BCUT2D eigenvalue weighted by Crippen LogP contribution is 2.27. The smallest absolute Gasteiger partial charge is 0.119 e. The van der Waals surface area contributed by atoms with Gasteiger partial charge in [0.1, 0.15) is 5.75 Å². The molecule has 6 heteroatoms. The monoisotopic (exact) mass is 415 g/mol. The van der Waals surface area contributed by atoms with E-state index in [0.717, 1.165) is 48.4 Å². The first-order valence-corrected chi connectivity index (χ1v) is 10.4. The molecule has 146 valence electrons. The van der Waals surface area contributed by atoms with Crippen LogP contribution in [0.1, 0.15) is 24.4 Å². The Hall–Kier alpha value is -2.01. The summed E-state index contributed by atoms with van der Waals surface area (Å²) in [4.78, 5) is 0. The number of halogens is 2. The summed E-state index contributed by atoms with van der Waals surface area (Å²) in [5.41, 5.74) is 3.14. The molecular weight excluding hydrogens is 393 g/mol. The van der Waals surface area contributed by atoms with Gasteiger partial charge >= 0.3 is 0 Å². The van der Waals surface area contributed by atoms with Gasteiger partial charge in [-0.3, -0.25) is 4.68 Å². The van der Waals surface area contributed by atoms with Gasteiger partial charge < -0.3 is 10.1 Å². The minimum absolute atomic E-state index is 0.481. The van der Waals surface area contributed by atoms with Gasteiger partial charge in [0.15, 0.2) is 0 Å².